The molecule has 1 saturated heterocycles. The maximum atomic E-state index is 12.3. The Balaban J connectivity index is 1.56. The summed E-state index contributed by atoms with van der Waals surface area (Å²) in [6.45, 7) is 1.14. The molecule has 1 aliphatic carbocycles. The molecule has 0 atom stereocenters. The first kappa shape index (κ1) is 18.6. The Kier molecular flexibility index (Phi) is 6.28. The maximum absolute atomic E-state index is 12.3. The van der Waals surface area contributed by atoms with Gasteiger partial charge in [-0.25, -0.2) is 8.42 Å². The lowest BCUT2D eigenvalue weighted by atomic mass is 10.2. The number of hydrogen-bond donors (Lipinski definition) is 1. The second-order valence-electron chi connectivity index (χ2n) is 6.68. The minimum Gasteiger partial charge on any atom is -0.351 e. The summed E-state index contributed by atoms with van der Waals surface area (Å²) in [5.41, 5.74) is 1.11. The minimum absolute atomic E-state index is 0.136. The van der Waals surface area contributed by atoms with Crippen molar-refractivity contribution in [2.24, 2.45) is 0 Å². The van der Waals surface area contributed by atoms with Crippen LogP contribution in [0.5, 0.6) is 0 Å². The molecule has 1 heterocycles. The molecule has 138 valence electrons. The SMILES string of the molecule is O=C(NCCSC1CCCC1)c1cccc(N2CCCCS2(=O)=O)c1. The van der Waals surface area contributed by atoms with Crippen LogP contribution in [0.3, 0.4) is 0 Å². The summed E-state index contributed by atoms with van der Waals surface area (Å²) < 4.78 is 25.9. The molecule has 1 saturated carbocycles. The molecule has 5 nitrogen and oxygen atoms in total. The number of carbonyl (C=O) groups excluding carboxylic acids is 1. The van der Waals surface area contributed by atoms with Crippen molar-refractivity contribution in [3.8, 4) is 0 Å². The standard InChI is InChI=1S/C18H26N2O3S2/c21-18(19-10-12-24-17-8-1-2-9-17)15-6-5-7-16(14-15)20-11-3-4-13-25(20,22)23/h5-7,14,17H,1-4,8-13H2,(H,19,21). The number of hydrogen-bond acceptors (Lipinski definition) is 4. The molecule has 0 bridgehead atoms. The molecule has 0 aromatic heterocycles. The summed E-state index contributed by atoms with van der Waals surface area (Å²) in [5.74, 6) is 0.974. The van der Waals surface area contributed by atoms with Crippen molar-refractivity contribution in [1.29, 1.82) is 0 Å². The van der Waals surface area contributed by atoms with Gasteiger partial charge in [-0.15, -0.1) is 0 Å². The zero-order valence-corrected chi connectivity index (χ0v) is 16.1. The van der Waals surface area contributed by atoms with Crippen LogP contribution in [0.2, 0.25) is 0 Å². The summed E-state index contributed by atoms with van der Waals surface area (Å²) in [5, 5.41) is 3.70. The van der Waals surface area contributed by atoms with E-state index in [1.807, 2.05) is 11.8 Å². The molecule has 7 heteroatoms. The first-order valence-electron chi connectivity index (χ1n) is 9.06. The Hall–Kier alpha value is -1.21. The number of rotatable bonds is 6. The summed E-state index contributed by atoms with van der Waals surface area (Å²) in [6, 6.07) is 6.93. The second-order valence-corrected chi connectivity index (χ2v) is 10.1. The maximum Gasteiger partial charge on any atom is 0.251 e. The van der Waals surface area contributed by atoms with Crippen molar-refractivity contribution < 1.29 is 13.2 Å². The van der Waals surface area contributed by atoms with Crippen molar-refractivity contribution in [2.75, 3.05) is 28.9 Å². The van der Waals surface area contributed by atoms with Gasteiger partial charge >= 0.3 is 0 Å². The fourth-order valence-electron chi connectivity index (χ4n) is 3.43. The van der Waals surface area contributed by atoms with Crippen LogP contribution in [0.1, 0.15) is 48.9 Å². The fourth-order valence-corrected chi connectivity index (χ4v) is 6.28. The predicted molar refractivity (Wildman–Crippen MR) is 104 cm³/mol. The molecule has 1 N–H and O–H groups in total. The lowest BCUT2D eigenvalue weighted by Crippen LogP contribution is -2.38. The molecular weight excluding hydrogens is 356 g/mol. The quantitative estimate of drug-likeness (QED) is 0.768. The van der Waals surface area contributed by atoms with Crippen LogP contribution in [-0.4, -0.2) is 44.2 Å². The Labute approximate surface area is 154 Å². The molecule has 3 rings (SSSR count). The number of amides is 1. The van der Waals surface area contributed by atoms with Gasteiger partial charge in [0.2, 0.25) is 10.0 Å². The monoisotopic (exact) mass is 382 g/mol. The predicted octanol–water partition coefficient (Wildman–Crippen LogP) is 3.02. The zero-order valence-electron chi connectivity index (χ0n) is 14.4. The highest BCUT2D eigenvalue weighted by Crippen LogP contribution is 2.29. The van der Waals surface area contributed by atoms with Crippen molar-refractivity contribution in [3.63, 3.8) is 0 Å². The average Bonchev–Trinajstić information content (AvgIpc) is 3.12. The van der Waals surface area contributed by atoms with Crippen molar-refractivity contribution >= 4 is 33.4 Å². The second kappa shape index (κ2) is 8.45. The molecule has 1 aromatic rings. The summed E-state index contributed by atoms with van der Waals surface area (Å²) in [4.78, 5) is 12.3. The minimum atomic E-state index is -3.25. The number of anilines is 1. The van der Waals surface area contributed by atoms with Crippen LogP contribution < -0.4 is 9.62 Å². The van der Waals surface area contributed by atoms with Crippen LogP contribution >= 0.6 is 11.8 Å². The molecule has 1 aliphatic heterocycles. The Morgan fingerprint density at radius 1 is 1.20 bits per heavy atom. The lowest BCUT2D eigenvalue weighted by Gasteiger charge is -2.28. The van der Waals surface area contributed by atoms with E-state index >= 15 is 0 Å². The van der Waals surface area contributed by atoms with Gasteiger partial charge in [0.1, 0.15) is 0 Å². The van der Waals surface area contributed by atoms with Crippen LogP contribution in [0.25, 0.3) is 0 Å². The molecule has 25 heavy (non-hydrogen) atoms. The first-order valence-corrected chi connectivity index (χ1v) is 11.7. The van der Waals surface area contributed by atoms with E-state index in [1.54, 1.807) is 24.3 Å². The van der Waals surface area contributed by atoms with Gasteiger partial charge < -0.3 is 5.32 Å². The van der Waals surface area contributed by atoms with E-state index in [0.29, 0.717) is 30.8 Å². The Morgan fingerprint density at radius 2 is 2.00 bits per heavy atom. The van der Waals surface area contributed by atoms with Gasteiger partial charge in [0, 0.05) is 29.7 Å². The normalized spacial score (nSPS) is 20.6. The van der Waals surface area contributed by atoms with E-state index in [0.717, 1.165) is 17.4 Å². The largest absolute Gasteiger partial charge is 0.351 e. The van der Waals surface area contributed by atoms with Crippen LogP contribution in [0.15, 0.2) is 24.3 Å². The van der Waals surface area contributed by atoms with E-state index in [4.69, 9.17) is 0 Å². The van der Waals surface area contributed by atoms with E-state index in [1.165, 1.54) is 30.0 Å². The van der Waals surface area contributed by atoms with Gasteiger partial charge in [0.25, 0.3) is 5.91 Å². The van der Waals surface area contributed by atoms with Crippen LogP contribution in [0.4, 0.5) is 5.69 Å². The number of carbonyl (C=O) groups is 1. The molecule has 1 amide bonds. The van der Waals surface area contributed by atoms with Gasteiger partial charge in [-0.2, -0.15) is 11.8 Å². The van der Waals surface area contributed by atoms with Gasteiger partial charge in [0.15, 0.2) is 0 Å². The fraction of sp³-hybridized carbons (Fsp3) is 0.611. The Morgan fingerprint density at radius 3 is 2.76 bits per heavy atom. The van der Waals surface area contributed by atoms with E-state index < -0.39 is 10.0 Å². The van der Waals surface area contributed by atoms with Gasteiger partial charge in [-0.3, -0.25) is 9.10 Å². The third-order valence-corrected chi connectivity index (χ3v) is 8.04. The zero-order chi connectivity index (χ0) is 17.7. The summed E-state index contributed by atoms with van der Waals surface area (Å²) >= 11 is 1.94. The molecule has 0 spiro atoms. The van der Waals surface area contributed by atoms with Crippen LogP contribution in [0, 0.1) is 0 Å². The van der Waals surface area contributed by atoms with E-state index in [2.05, 4.69) is 5.32 Å². The molecule has 2 fully saturated rings. The topological polar surface area (TPSA) is 66.5 Å². The van der Waals surface area contributed by atoms with Crippen molar-refractivity contribution in [2.45, 2.75) is 43.8 Å². The molecule has 0 radical (unpaired) electrons. The van der Waals surface area contributed by atoms with Crippen molar-refractivity contribution in [3.05, 3.63) is 29.8 Å². The first-order chi connectivity index (χ1) is 12.1. The highest BCUT2D eigenvalue weighted by molar-refractivity contribution is 7.99. The highest BCUT2D eigenvalue weighted by atomic mass is 32.2. The highest BCUT2D eigenvalue weighted by Gasteiger charge is 2.26. The molecule has 1 aromatic carbocycles. The molecule has 0 unspecified atom stereocenters. The summed E-state index contributed by atoms with van der Waals surface area (Å²) in [6.07, 6.45) is 6.81. The van der Waals surface area contributed by atoms with Gasteiger partial charge in [-0.1, -0.05) is 18.9 Å². The Bertz CT molecular complexity index is 700. The smallest absolute Gasteiger partial charge is 0.251 e. The number of thioether (sulfide) groups is 1. The van der Waals surface area contributed by atoms with Crippen molar-refractivity contribution in [1.82, 2.24) is 5.32 Å². The third kappa shape index (κ3) is 4.91. The van der Waals surface area contributed by atoms with Gasteiger partial charge in [0.05, 0.1) is 11.4 Å². The number of nitrogens with one attached hydrogen (secondary N) is 1. The third-order valence-electron chi connectivity index (χ3n) is 4.79. The summed E-state index contributed by atoms with van der Waals surface area (Å²) in [7, 11) is -3.25. The number of benzene rings is 1. The number of sulfonamides is 1. The molecular formula is C18H26N2O3S2. The van der Waals surface area contributed by atoms with Gasteiger partial charge in [-0.05, 0) is 43.9 Å². The van der Waals surface area contributed by atoms with E-state index in [-0.39, 0.29) is 11.7 Å². The van der Waals surface area contributed by atoms with E-state index in [9.17, 15) is 13.2 Å². The number of nitrogens with zero attached hydrogens (tertiary/aromatic N) is 1. The average molecular weight is 383 g/mol. The lowest BCUT2D eigenvalue weighted by molar-refractivity contribution is 0.0956. The molecule has 2 aliphatic rings. The van der Waals surface area contributed by atoms with Crippen LogP contribution in [-0.2, 0) is 10.0 Å².